The Morgan fingerprint density at radius 2 is 1.79 bits per heavy atom. The van der Waals surface area contributed by atoms with Crippen molar-refractivity contribution in [2.75, 3.05) is 5.32 Å². The van der Waals surface area contributed by atoms with Gasteiger partial charge >= 0.3 is 0 Å². The van der Waals surface area contributed by atoms with Crippen LogP contribution in [0.1, 0.15) is 19.4 Å². The zero-order chi connectivity index (χ0) is 16.9. The molecule has 0 bridgehead atoms. The number of benzene rings is 2. The summed E-state index contributed by atoms with van der Waals surface area (Å²) in [5.41, 5.74) is 3.02. The minimum Gasteiger partial charge on any atom is -0.324 e. The molecule has 5 heteroatoms. The van der Waals surface area contributed by atoms with Gasteiger partial charge in [0.25, 0.3) is 0 Å². The average Bonchev–Trinajstić information content (AvgIpc) is 3.03. The molecule has 122 valence electrons. The molecule has 4 nitrogen and oxygen atoms in total. The first kappa shape index (κ1) is 16.3. The van der Waals surface area contributed by atoms with E-state index in [1.54, 1.807) is 10.9 Å². The van der Waals surface area contributed by atoms with Gasteiger partial charge in [0.05, 0.1) is 11.2 Å². The SMILES string of the molecule is CCC(C(=O)Nc1ccc(-c2ccccc2)cc1)n1cc(Cl)cn1. The molecule has 3 rings (SSSR count). The van der Waals surface area contributed by atoms with Crippen LogP contribution in [0.4, 0.5) is 5.69 Å². The molecule has 0 radical (unpaired) electrons. The molecule has 1 N–H and O–H groups in total. The fourth-order valence-electron chi connectivity index (χ4n) is 2.58. The zero-order valence-electron chi connectivity index (χ0n) is 13.3. The van der Waals surface area contributed by atoms with Gasteiger partial charge in [0.15, 0.2) is 0 Å². The number of amides is 1. The summed E-state index contributed by atoms with van der Waals surface area (Å²) < 4.78 is 1.59. The number of rotatable bonds is 5. The molecule has 0 fully saturated rings. The van der Waals surface area contributed by atoms with Crippen molar-refractivity contribution in [2.24, 2.45) is 0 Å². The normalized spacial score (nSPS) is 11.9. The lowest BCUT2D eigenvalue weighted by Crippen LogP contribution is -2.25. The molecule has 0 saturated carbocycles. The second-order valence-electron chi connectivity index (χ2n) is 5.50. The summed E-state index contributed by atoms with van der Waals surface area (Å²) in [5, 5.41) is 7.59. The number of carbonyl (C=O) groups excluding carboxylic acids is 1. The highest BCUT2D eigenvalue weighted by Gasteiger charge is 2.19. The number of carbonyl (C=O) groups is 1. The fraction of sp³-hybridized carbons (Fsp3) is 0.158. The highest BCUT2D eigenvalue weighted by atomic mass is 35.5. The molecule has 1 amide bonds. The van der Waals surface area contributed by atoms with E-state index < -0.39 is 0 Å². The zero-order valence-corrected chi connectivity index (χ0v) is 14.1. The Hall–Kier alpha value is -2.59. The standard InChI is InChI=1S/C19H18ClN3O/c1-2-18(23-13-16(20)12-21-23)19(24)22-17-10-8-15(9-11-17)14-6-4-3-5-7-14/h3-13,18H,2H2,1H3,(H,22,24). The third-order valence-corrected chi connectivity index (χ3v) is 4.03. The molecule has 0 saturated heterocycles. The lowest BCUT2D eigenvalue weighted by molar-refractivity contribution is -0.119. The topological polar surface area (TPSA) is 46.9 Å². The van der Waals surface area contributed by atoms with E-state index in [9.17, 15) is 4.79 Å². The van der Waals surface area contributed by atoms with Crippen LogP contribution in [-0.2, 0) is 4.79 Å². The van der Waals surface area contributed by atoms with Crippen LogP contribution in [0, 0.1) is 0 Å². The Morgan fingerprint density at radius 3 is 2.38 bits per heavy atom. The second-order valence-corrected chi connectivity index (χ2v) is 5.93. The van der Waals surface area contributed by atoms with Crippen molar-refractivity contribution >= 4 is 23.2 Å². The molecule has 1 unspecified atom stereocenters. The van der Waals surface area contributed by atoms with E-state index in [1.165, 1.54) is 6.20 Å². The van der Waals surface area contributed by atoms with Gasteiger partial charge in [-0.2, -0.15) is 5.10 Å². The minimum absolute atomic E-state index is 0.107. The number of hydrogen-bond acceptors (Lipinski definition) is 2. The summed E-state index contributed by atoms with van der Waals surface area (Å²) in [5.74, 6) is -0.107. The molecule has 0 aliphatic rings. The van der Waals surface area contributed by atoms with Crippen LogP contribution in [0.5, 0.6) is 0 Å². The van der Waals surface area contributed by atoms with Crippen LogP contribution in [0.2, 0.25) is 5.02 Å². The first-order valence-corrected chi connectivity index (χ1v) is 8.21. The molecule has 3 aromatic rings. The Balaban J connectivity index is 1.72. The molecule has 2 aromatic carbocycles. The van der Waals surface area contributed by atoms with Crippen molar-refractivity contribution in [1.82, 2.24) is 9.78 Å². The molecule has 1 heterocycles. The summed E-state index contributed by atoms with van der Waals surface area (Å²) in [4.78, 5) is 12.5. The Labute approximate surface area is 146 Å². The smallest absolute Gasteiger partial charge is 0.249 e. The van der Waals surface area contributed by atoms with Crippen molar-refractivity contribution in [2.45, 2.75) is 19.4 Å². The van der Waals surface area contributed by atoms with E-state index in [-0.39, 0.29) is 11.9 Å². The van der Waals surface area contributed by atoms with Gasteiger partial charge in [-0.05, 0) is 29.7 Å². The van der Waals surface area contributed by atoms with E-state index in [1.807, 2.05) is 49.4 Å². The molecule has 1 atom stereocenters. The summed E-state index contributed by atoms with van der Waals surface area (Å²) in [6.45, 7) is 1.94. The fourth-order valence-corrected chi connectivity index (χ4v) is 2.72. The van der Waals surface area contributed by atoms with E-state index in [0.29, 0.717) is 11.4 Å². The molecule has 0 aliphatic heterocycles. The lowest BCUT2D eigenvalue weighted by Gasteiger charge is -2.15. The van der Waals surface area contributed by atoms with Gasteiger partial charge in [-0.25, -0.2) is 0 Å². The van der Waals surface area contributed by atoms with Gasteiger partial charge in [0.2, 0.25) is 5.91 Å². The molecule has 0 aliphatic carbocycles. The number of nitrogens with zero attached hydrogens (tertiary/aromatic N) is 2. The van der Waals surface area contributed by atoms with E-state index in [0.717, 1.165) is 16.8 Å². The number of hydrogen-bond donors (Lipinski definition) is 1. The van der Waals surface area contributed by atoms with Crippen molar-refractivity contribution < 1.29 is 4.79 Å². The Morgan fingerprint density at radius 1 is 1.12 bits per heavy atom. The summed E-state index contributed by atoms with van der Waals surface area (Å²) in [6, 6.07) is 17.5. The molecule has 0 spiro atoms. The molecular weight excluding hydrogens is 322 g/mol. The molecule has 24 heavy (non-hydrogen) atoms. The third kappa shape index (κ3) is 3.66. The van der Waals surface area contributed by atoms with Crippen LogP contribution in [0.3, 0.4) is 0 Å². The minimum atomic E-state index is -0.383. The molecular formula is C19H18ClN3O. The predicted octanol–water partition coefficient (Wildman–Crippen LogP) is 4.79. The van der Waals surface area contributed by atoms with Crippen LogP contribution in [-0.4, -0.2) is 15.7 Å². The van der Waals surface area contributed by atoms with Crippen LogP contribution in [0.25, 0.3) is 11.1 Å². The monoisotopic (exact) mass is 339 g/mol. The van der Waals surface area contributed by atoms with Crippen LogP contribution in [0.15, 0.2) is 67.0 Å². The quantitative estimate of drug-likeness (QED) is 0.726. The van der Waals surface area contributed by atoms with Crippen LogP contribution < -0.4 is 5.32 Å². The lowest BCUT2D eigenvalue weighted by atomic mass is 10.1. The largest absolute Gasteiger partial charge is 0.324 e. The van der Waals surface area contributed by atoms with Gasteiger partial charge in [0.1, 0.15) is 6.04 Å². The molecule has 1 aromatic heterocycles. The van der Waals surface area contributed by atoms with Crippen LogP contribution >= 0.6 is 11.6 Å². The average molecular weight is 340 g/mol. The summed E-state index contributed by atoms with van der Waals surface area (Å²) in [7, 11) is 0. The van der Waals surface area contributed by atoms with Crippen molar-refractivity contribution in [1.29, 1.82) is 0 Å². The van der Waals surface area contributed by atoms with E-state index in [2.05, 4.69) is 22.5 Å². The van der Waals surface area contributed by atoms with Gasteiger partial charge < -0.3 is 5.32 Å². The highest BCUT2D eigenvalue weighted by molar-refractivity contribution is 6.30. The number of aromatic nitrogens is 2. The maximum absolute atomic E-state index is 12.5. The van der Waals surface area contributed by atoms with Gasteiger partial charge in [0, 0.05) is 11.9 Å². The maximum Gasteiger partial charge on any atom is 0.249 e. The number of anilines is 1. The predicted molar refractivity (Wildman–Crippen MR) is 97.1 cm³/mol. The maximum atomic E-state index is 12.5. The van der Waals surface area contributed by atoms with Gasteiger partial charge in [-0.1, -0.05) is 61.0 Å². The van der Waals surface area contributed by atoms with E-state index >= 15 is 0 Å². The number of nitrogens with one attached hydrogen (secondary N) is 1. The number of halogens is 1. The first-order chi connectivity index (χ1) is 11.7. The summed E-state index contributed by atoms with van der Waals surface area (Å²) in [6.07, 6.45) is 3.83. The van der Waals surface area contributed by atoms with Gasteiger partial charge in [-0.15, -0.1) is 0 Å². The van der Waals surface area contributed by atoms with Crippen molar-refractivity contribution in [3.8, 4) is 11.1 Å². The van der Waals surface area contributed by atoms with Gasteiger partial charge in [-0.3, -0.25) is 9.48 Å². The van der Waals surface area contributed by atoms with Crippen molar-refractivity contribution in [3.63, 3.8) is 0 Å². The highest BCUT2D eigenvalue weighted by Crippen LogP contribution is 2.22. The third-order valence-electron chi connectivity index (χ3n) is 3.84. The van der Waals surface area contributed by atoms with E-state index in [4.69, 9.17) is 11.6 Å². The van der Waals surface area contributed by atoms with Crippen molar-refractivity contribution in [3.05, 3.63) is 72.0 Å². The second kappa shape index (κ2) is 7.32. The first-order valence-electron chi connectivity index (χ1n) is 7.83. The Bertz CT molecular complexity index is 812. The Kier molecular flexibility index (Phi) is 4.96. The summed E-state index contributed by atoms with van der Waals surface area (Å²) >= 11 is 5.89.